The number of rotatable bonds is 2. The molecule has 2 heteroatoms. The summed E-state index contributed by atoms with van der Waals surface area (Å²) in [7, 11) is 2.22. The Kier molecular flexibility index (Phi) is 5.52. The molecule has 1 aliphatic rings. The molecule has 0 N–H and O–H groups in total. The summed E-state index contributed by atoms with van der Waals surface area (Å²) in [5, 5.41) is 8.36. The maximum Gasteiger partial charge on any atom is 0.222 e. The molecule has 5 aromatic rings. The molecule has 1 aliphatic heterocycles. The summed E-state index contributed by atoms with van der Waals surface area (Å²) in [5.74, 6) is 0. The molecule has 0 aliphatic carbocycles. The second-order valence-electron chi connectivity index (χ2n) is 13.4. The molecule has 0 radical (unpaired) electrons. The summed E-state index contributed by atoms with van der Waals surface area (Å²) in [5.41, 5.74) is 7.57. The van der Waals surface area contributed by atoms with Gasteiger partial charge in [0.15, 0.2) is 6.20 Å². The van der Waals surface area contributed by atoms with Crippen molar-refractivity contribution in [3.05, 3.63) is 77.5 Å². The summed E-state index contributed by atoms with van der Waals surface area (Å²) in [6, 6.07) is 20.8. The van der Waals surface area contributed by atoms with E-state index in [0.717, 1.165) is 12.8 Å². The van der Waals surface area contributed by atoms with Crippen molar-refractivity contribution >= 4 is 44.1 Å². The van der Waals surface area contributed by atoms with Crippen LogP contribution in [0.5, 0.6) is 0 Å². The molecule has 1 nitrogen and oxygen atoms in total. The minimum absolute atomic E-state index is 0.199. The van der Waals surface area contributed by atoms with E-state index in [9.17, 15) is 0 Å². The van der Waals surface area contributed by atoms with Crippen molar-refractivity contribution in [1.82, 2.24) is 0 Å². The SMILES string of the molecule is Cc1c2c(c(CC(C)(C)C)c3ccccc13)Sc1cc3c(CC(C)(C)C)cccc3c3cc[n+](C)c-2c13. The number of benzene rings is 4. The van der Waals surface area contributed by atoms with Crippen LogP contribution in [0.4, 0.5) is 0 Å². The molecule has 0 spiro atoms. The van der Waals surface area contributed by atoms with E-state index in [1.807, 2.05) is 11.8 Å². The zero-order valence-corrected chi connectivity index (χ0v) is 24.4. The summed E-state index contributed by atoms with van der Waals surface area (Å²) in [6.45, 7) is 16.4. The molecule has 0 saturated carbocycles. The molecule has 188 valence electrons. The minimum atomic E-state index is 0.199. The van der Waals surface area contributed by atoms with Crippen LogP contribution in [0.1, 0.15) is 58.2 Å². The lowest BCUT2D eigenvalue weighted by atomic mass is 9.82. The number of nitrogens with zero attached hydrogens (tertiary/aromatic N) is 1. The Morgan fingerprint density at radius 3 is 2.11 bits per heavy atom. The molecule has 0 fully saturated rings. The first kappa shape index (κ1) is 24.5. The van der Waals surface area contributed by atoms with Gasteiger partial charge in [0, 0.05) is 21.2 Å². The number of aryl methyl sites for hydroxylation is 2. The van der Waals surface area contributed by atoms with Crippen LogP contribution in [0.25, 0.3) is 43.6 Å². The number of hydrogen-bond donors (Lipinski definition) is 0. The smallest absolute Gasteiger partial charge is 0.200 e. The molecule has 0 unspecified atom stereocenters. The van der Waals surface area contributed by atoms with Gasteiger partial charge in [-0.05, 0) is 74.9 Å². The molecule has 0 atom stereocenters. The first-order chi connectivity index (χ1) is 17.4. The zero-order chi connectivity index (χ0) is 26.3. The van der Waals surface area contributed by atoms with Crippen LogP contribution in [0, 0.1) is 17.8 Å². The highest BCUT2D eigenvalue weighted by Crippen LogP contribution is 2.53. The second-order valence-corrected chi connectivity index (χ2v) is 14.4. The fourth-order valence-corrected chi connectivity index (χ4v) is 7.68. The third kappa shape index (κ3) is 4.05. The third-order valence-electron chi connectivity index (χ3n) is 7.74. The van der Waals surface area contributed by atoms with Gasteiger partial charge in [-0.2, -0.15) is 0 Å². The van der Waals surface area contributed by atoms with E-state index >= 15 is 0 Å². The molecule has 4 aromatic carbocycles. The molecule has 0 saturated heterocycles. The van der Waals surface area contributed by atoms with E-state index in [1.165, 1.54) is 70.1 Å². The van der Waals surface area contributed by atoms with Crippen LogP contribution >= 0.6 is 11.8 Å². The van der Waals surface area contributed by atoms with E-state index in [0.29, 0.717) is 0 Å². The van der Waals surface area contributed by atoms with Crippen LogP contribution in [-0.2, 0) is 19.9 Å². The van der Waals surface area contributed by atoms with Crippen molar-refractivity contribution in [2.24, 2.45) is 17.9 Å². The standard InChI is InChI=1S/C35H38NS/c1-21-23-13-9-10-14-24(23)28(20-35(5,6)7)33-30(21)32-31-26(16-17-36(32)8)25-15-11-12-22(19-34(2,3)4)27(25)18-29(31)37-33/h9-18H,19-20H2,1-8H3/q+1. The monoisotopic (exact) mass is 504 g/mol. The van der Waals surface area contributed by atoms with Crippen LogP contribution in [-0.4, -0.2) is 0 Å². The van der Waals surface area contributed by atoms with Crippen LogP contribution in [0.3, 0.4) is 0 Å². The van der Waals surface area contributed by atoms with Gasteiger partial charge < -0.3 is 0 Å². The predicted molar refractivity (Wildman–Crippen MR) is 161 cm³/mol. The molecule has 37 heavy (non-hydrogen) atoms. The maximum absolute atomic E-state index is 2.50. The summed E-state index contributed by atoms with van der Waals surface area (Å²) in [6.07, 6.45) is 4.40. The van der Waals surface area contributed by atoms with Gasteiger partial charge in [0.2, 0.25) is 5.69 Å². The zero-order valence-electron chi connectivity index (χ0n) is 23.5. The van der Waals surface area contributed by atoms with Gasteiger partial charge >= 0.3 is 0 Å². The fourth-order valence-electron chi connectivity index (χ4n) is 6.32. The molecular formula is C35H38NS+. The van der Waals surface area contributed by atoms with Crippen LogP contribution < -0.4 is 4.57 Å². The van der Waals surface area contributed by atoms with Gasteiger partial charge in [0.25, 0.3) is 0 Å². The highest BCUT2D eigenvalue weighted by molar-refractivity contribution is 8.00. The topological polar surface area (TPSA) is 3.88 Å². The summed E-state index contributed by atoms with van der Waals surface area (Å²) in [4.78, 5) is 2.85. The van der Waals surface area contributed by atoms with Crippen LogP contribution in [0.2, 0.25) is 0 Å². The van der Waals surface area contributed by atoms with Crippen LogP contribution in [0.15, 0.2) is 70.6 Å². The first-order valence-electron chi connectivity index (χ1n) is 13.5. The molecule has 2 heterocycles. The Bertz CT molecular complexity index is 1730. The average molecular weight is 505 g/mol. The largest absolute Gasteiger partial charge is 0.222 e. The quantitative estimate of drug-likeness (QED) is 0.168. The lowest BCUT2D eigenvalue weighted by molar-refractivity contribution is -0.659. The van der Waals surface area contributed by atoms with Crippen molar-refractivity contribution < 1.29 is 4.57 Å². The Labute approximate surface area is 225 Å². The lowest BCUT2D eigenvalue weighted by Crippen LogP contribution is -2.32. The predicted octanol–water partition coefficient (Wildman–Crippen LogP) is 9.59. The second kappa shape index (κ2) is 8.33. The Morgan fingerprint density at radius 2 is 1.41 bits per heavy atom. The van der Waals surface area contributed by atoms with E-state index in [2.05, 4.69) is 121 Å². The van der Waals surface area contributed by atoms with E-state index in [-0.39, 0.29) is 10.8 Å². The first-order valence-corrected chi connectivity index (χ1v) is 14.3. The highest BCUT2D eigenvalue weighted by atomic mass is 32.2. The summed E-state index contributed by atoms with van der Waals surface area (Å²) < 4.78 is 2.36. The number of aromatic nitrogens is 1. The summed E-state index contributed by atoms with van der Waals surface area (Å²) >= 11 is 2.01. The maximum atomic E-state index is 2.50. The van der Waals surface area contributed by atoms with Gasteiger partial charge in [0.1, 0.15) is 7.05 Å². The molecule has 0 amide bonds. The average Bonchev–Trinajstić information content (AvgIpc) is 2.82. The molecular weight excluding hydrogens is 466 g/mol. The highest BCUT2D eigenvalue weighted by Gasteiger charge is 2.33. The van der Waals surface area contributed by atoms with Gasteiger partial charge in [-0.1, -0.05) is 95.8 Å². The van der Waals surface area contributed by atoms with E-state index < -0.39 is 0 Å². The van der Waals surface area contributed by atoms with Gasteiger partial charge in [-0.25, -0.2) is 4.57 Å². The Balaban J connectivity index is 1.76. The van der Waals surface area contributed by atoms with Gasteiger partial charge in [-0.3, -0.25) is 0 Å². The molecule has 6 rings (SSSR count). The Hall–Kier alpha value is -2.84. The molecule has 1 aromatic heterocycles. The van der Waals surface area contributed by atoms with Gasteiger partial charge in [-0.15, -0.1) is 0 Å². The van der Waals surface area contributed by atoms with Crippen molar-refractivity contribution in [3.8, 4) is 11.3 Å². The lowest BCUT2D eigenvalue weighted by Gasteiger charge is -2.28. The van der Waals surface area contributed by atoms with E-state index in [4.69, 9.17) is 0 Å². The Morgan fingerprint density at radius 1 is 0.730 bits per heavy atom. The normalized spacial score (nSPS) is 13.5. The minimum Gasteiger partial charge on any atom is -0.200 e. The number of fused-ring (bicyclic) bond motifs is 5. The number of pyridine rings is 1. The van der Waals surface area contributed by atoms with Crippen molar-refractivity contribution in [3.63, 3.8) is 0 Å². The van der Waals surface area contributed by atoms with Crippen molar-refractivity contribution in [2.45, 2.75) is 71.1 Å². The van der Waals surface area contributed by atoms with Crippen molar-refractivity contribution in [2.75, 3.05) is 0 Å². The van der Waals surface area contributed by atoms with Crippen molar-refractivity contribution in [1.29, 1.82) is 0 Å². The fraction of sp³-hybridized carbons (Fsp3) is 0.343. The van der Waals surface area contributed by atoms with Gasteiger partial charge in [0.05, 0.1) is 10.9 Å². The molecule has 0 bridgehead atoms. The number of hydrogen-bond acceptors (Lipinski definition) is 1. The third-order valence-corrected chi connectivity index (χ3v) is 8.94. The van der Waals surface area contributed by atoms with E-state index in [1.54, 1.807) is 0 Å².